The molecule has 88 valence electrons. The van der Waals surface area contributed by atoms with E-state index in [1.54, 1.807) is 31.2 Å². The minimum Gasteiger partial charge on any atom is -0.267 e. The molecule has 3 amide bonds. The molecule has 0 aliphatic carbocycles. The molecule has 6 heteroatoms. The first-order valence-corrected chi connectivity index (χ1v) is 5.13. The highest BCUT2D eigenvalue weighted by Crippen LogP contribution is 2.00. The fourth-order valence-electron chi connectivity index (χ4n) is 1.41. The van der Waals surface area contributed by atoms with Crippen LogP contribution in [0.15, 0.2) is 35.4 Å². The lowest BCUT2D eigenvalue weighted by Gasteiger charge is -2.25. The number of benzene rings is 1. The largest absolute Gasteiger partial charge is 0.356 e. The molecule has 0 atom stereocenters. The number of carbonyl (C=O) groups excluding carboxylic acids is 2. The van der Waals surface area contributed by atoms with Crippen LogP contribution in [0, 0.1) is 0 Å². The topological polar surface area (TPSA) is 73.8 Å². The summed E-state index contributed by atoms with van der Waals surface area (Å²) in [5.74, 6) is -0.324. The summed E-state index contributed by atoms with van der Waals surface area (Å²) in [6.45, 7) is 2.05. The Morgan fingerprint density at radius 2 is 2.12 bits per heavy atom. The molecule has 1 aromatic carbocycles. The summed E-state index contributed by atoms with van der Waals surface area (Å²) in [6, 6.07) is 8.26. The van der Waals surface area contributed by atoms with Crippen LogP contribution in [0.5, 0.6) is 0 Å². The quantitative estimate of drug-likeness (QED) is 0.789. The van der Waals surface area contributed by atoms with Gasteiger partial charge in [-0.15, -0.1) is 0 Å². The third-order valence-electron chi connectivity index (χ3n) is 2.25. The number of nitrogens with one attached hydrogen (secondary N) is 2. The molecule has 0 saturated carbocycles. The zero-order chi connectivity index (χ0) is 12.3. The van der Waals surface area contributed by atoms with Crippen molar-refractivity contribution in [2.75, 3.05) is 6.54 Å². The van der Waals surface area contributed by atoms with Gasteiger partial charge in [0, 0.05) is 5.56 Å². The van der Waals surface area contributed by atoms with Gasteiger partial charge < -0.3 is 0 Å². The Hall–Kier alpha value is -2.37. The Balaban J connectivity index is 2.05. The Labute approximate surface area is 98.3 Å². The van der Waals surface area contributed by atoms with Crippen LogP contribution in [-0.2, 0) is 0 Å². The molecule has 6 nitrogen and oxygen atoms in total. The van der Waals surface area contributed by atoms with Crippen LogP contribution in [0.25, 0.3) is 0 Å². The van der Waals surface area contributed by atoms with Gasteiger partial charge in [-0.1, -0.05) is 18.2 Å². The summed E-state index contributed by atoms with van der Waals surface area (Å²) >= 11 is 0. The molecular formula is C11H12N4O2. The van der Waals surface area contributed by atoms with Gasteiger partial charge in [-0.3, -0.25) is 10.2 Å². The van der Waals surface area contributed by atoms with E-state index in [1.807, 2.05) is 6.07 Å². The number of urea groups is 1. The molecule has 0 fully saturated rings. The zero-order valence-electron chi connectivity index (χ0n) is 9.30. The van der Waals surface area contributed by atoms with Crippen molar-refractivity contribution in [3.63, 3.8) is 0 Å². The Morgan fingerprint density at radius 1 is 1.41 bits per heavy atom. The molecule has 1 aliphatic heterocycles. The van der Waals surface area contributed by atoms with Crippen LogP contribution in [0.4, 0.5) is 4.79 Å². The number of amides is 3. The molecule has 0 aromatic heterocycles. The van der Waals surface area contributed by atoms with E-state index < -0.39 is 6.03 Å². The maximum absolute atomic E-state index is 11.8. The fraction of sp³-hybridized carbons (Fsp3) is 0.182. The summed E-state index contributed by atoms with van der Waals surface area (Å²) in [7, 11) is 0. The maximum atomic E-state index is 11.8. The van der Waals surface area contributed by atoms with Crippen molar-refractivity contribution in [1.29, 1.82) is 0 Å². The third-order valence-corrected chi connectivity index (χ3v) is 2.25. The molecule has 2 N–H and O–H groups in total. The summed E-state index contributed by atoms with van der Waals surface area (Å²) in [5.41, 5.74) is 6.04. The number of hydrogen-bond acceptors (Lipinski definition) is 3. The highest BCUT2D eigenvalue weighted by Gasteiger charge is 2.20. The zero-order valence-corrected chi connectivity index (χ0v) is 9.30. The van der Waals surface area contributed by atoms with Gasteiger partial charge in [-0.2, -0.15) is 5.10 Å². The van der Waals surface area contributed by atoms with Crippen LogP contribution >= 0.6 is 0 Å². The van der Waals surface area contributed by atoms with Gasteiger partial charge in [0.1, 0.15) is 0 Å². The first-order chi connectivity index (χ1) is 8.16. The van der Waals surface area contributed by atoms with E-state index in [0.717, 1.165) is 5.71 Å². The van der Waals surface area contributed by atoms with Gasteiger partial charge >= 0.3 is 6.03 Å². The number of hydrazine groups is 1. The lowest BCUT2D eigenvalue weighted by Crippen LogP contribution is -2.54. The van der Waals surface area contributed by atoms with E-state index in [4.69, 9.17) is 0 Å². The van der Waals surface area contributed by atoms with Crippen molar-refractivity contribution in [3.05, 3.63) is 35.9 Å². The smallest absolute Gasteiger partial charge is 0.267 e. The summed E-state index contributed by atoms with van der Waals surface area (Å²) < 4.78 is 0. The highest BCUT2D eigenvalue weighted by atomic mass is 16.2. The minimum absolute atomic E-state index is 0.282. The molecule has 0 unspecified atom stereocenters. The van der Waals surface area contributed by atoms with Crippen molar-refractivity contribution >= 4 is 17.6 Å². The molecular weight excluding hydrogens is 220 g/mol. The van der Waals surface area contributed by atoms with Crippen molar-refractivity contribution in [2.24, 2.45) is 5.10 Å². The van der Waals surface area contributed by atoms with Crippen molar-refractivity contribution < 1.29 is 9.59 Å². The number of carbonyl (C=O) groups is 2. The van der Waals surface area contributed by atoms with Crippen LogP contribution in [0.1, 0.15) is 17.3 Å². The lowest BCUT2D eigenvalue weighted by atomic mass is 10.2. The standard InChI is InChI=1S/C11H12N4O2/c1-8-7-15(11(17)13-12-8)14-10(16)9-5-3-2-4-6-9/h2-6H,7H2,1H3,(H,13,17)(H,14,16). The van der Waals surface area contributed by atoms with Crippen LogP contribution in [0.2, 0.25) is 0 Å². The molecule has 1 heterocycles. The van der Waals surface area contributed by atoms with Crippen LogP contribution in [0.3, 0.4) is 0 Å². The van der Waals surface area contributed by atoms with Gasteiger partial charge in [0.15, 0.2) is 0 Å². The average Bonchev–Trinajstić information content (AvgIpc) is 2.35. The van der Waals surface area contributed by atoms with E-state index in [0.29, 0.717) is 5.56 Å². The van der Waals surface area contributed by atoms with Gasteiger partial charge in [0.05, 0.1) is 12.3 Å². The fourth-order valence-corrected chi connectivity index (χ4v) is 1.41. The van der Waals surface area contributed by atoms with Crippen molar-refractivity contribution in [1.82, 2.24) is 15.9 Å². The van der Waals surface area contributed by atoms with Crippen LogP contribution < -0.4 is 10.9 Å². The van der Waals surface area contributed by atoms with E-state index in [1.165, 1.54) is 5.01 Å². The number of hydrazone groups is 1. The summed E-state index contributed by atoms with van der Waals surface area (Å²) in [6.07, 6.45) is 0. The molecule has 2 rings (SSSR count). The van der Waals surface area contributed by atoms with Gasteiger partial charge in [-0.25, -0.2) is 15.2 Å². The molecule has 0 radical (unpaired) electrons. The minimum atomic E-state index is -0.445. The Morgan fingerprint density at radius 3 is 2.82 bits per heavy atom. The summed E-state index contributed by atoms with van der Waals surface area (Å²) in [4.78, 5) is 23.2. The lowest BCUT2D eigenvalue weighted by molar-refractivity contribution is 0.0839. The van der Waals surface area contributed by atoms with Gasteiger partial charge in [0.2, 0.25) is 0 Å². The second kappa shape index (κ2) is 4.65. The summed E-state index contributed by atoms with van der Waals surface area (Å²) in [5, 5.41) is 4.96. The predicted molar refractivity (Wildman–Crippen MR) is 62.3 cm³/mol. The molecule has 0 spiro atoms. The molecule has 0 bridgehead atoms. The SMILES string of the molecule is CC1=NNC(=O)N(NC(=O)c2ccccc2)C1. The van der Waals surface area contributed by atoms with E-state index in [2.05, 4.69) is 16.0 Å². The average molecular weight is 232 g/mol. The normalized spacial score (nSPS) is 15.0. The highest BCUT2D eigenvalue weighted by molar-refractivity contribution is 5.97. The molecule has 1 aliphatic rings. The van der Waals surface area contributed by atoms with E-state index >= 15 is 0 Å². The maximum Gasteiger partial charge on any atom is 0.356 e. The van der Waals surface area contributed by atoms with E-state index in [-0.39, 0.29) is 12.5 Å². The number of rotatable bonds is 2. The molecule has 17 heavy (non-hydrogen) atoms. The number of nitrogens with zero attached hydrogens (tertiary/aromatic N) is 2. The van der Waals surface area contributed by atoms with Crippen molar-refractivity contribution in [3.8, 4) is 0 Å². The first-order valence-electron chi connectivity index (χ1n) is 5.13. The molecule has 0 saturated heterocycles. The number of hydrogen-bond donors (Lipinski definition) is 2. The van der Waals surface area contributed by atoms with E-state index in [9.17, 15) is 9.59 Å². The second-order valence-electron chi connectivity index (χ2n) is 3.66. The van der Waals surface area contributed by atoms with Gasteiger partial charge in [0.25, 0.3) is 5.91 Å². The molecule has 1 aromatic rings. The van der Waals surface area contributed by atoms with Crippen molar-refractivity contribution in [2.45, 2.75) is 6.92 Å². The second-order valence-corrected chi connectivity index (χ2v) is 3.66. The van der Waals surface area contributed by atoms with Crippen LogP contribution in [-0.4, -0.2) is 29.2 Å². The Bertz CT molecular complexity index is 470. The Kier molecular flexibility index (Phi) is 3.04. The first kappa shape index (κ1) is 11.1. The predicted octanol–water partition coefficient (Wildman–Crippen LogP) is 0.732. The van der Waals surface area contributed by atoms with Gasteiger partial charge in [-0.05, 0) is 19.1 Å². The monoisotopic (exact) mass is 232 g/mol. The third kappa shape index (κ3) is 2.60.